The maximum Gasteiger partial charge on any atom is 0.239 e. The van der Waals surface area contributed by atoms with Gasteiger partial charge in [-0.15, -0.1) is 0 Å². The van der Waals surface area contributed by atoms with Crippen LogP contribution in [0, 0.1) is 0 Å². The Morgan fingerprint density at radius 1 is 1.35 bits per heavy atom. The standard InChI is InChI=1S/C14H22N4O2/c19-13(12-17-9-3-1-2-6-14(17)20)15-7-4-10-18-11-5-8-16-18/h5,8,11H,1-4,6-7,9-10,12H2,(H,15,19). The molecule has 0 unspecified atom stereocenters. The van der Waals surface area contributed by atoms with E-state index in [1.807, 2.05) is 16.9 Å². The molecule has 1 fully saturated rings. The van der Waals surface area contributed by atoms with Crippen LogP contribution < -0.4 is 5.32 Å². The summed E-state index contributed by atoms with van der Waals surface area (Å²) in [4.78, 5) is 25.2. The van der Waals surface area contributed by atoms with E-state index in [1.165, 1.54) is 0 Å². The summed E-state index contributed by atoms with van der Waals surface area (Å²) in [5.74, 6) is 0.0370. The highest BCUT2D eigenvalue weighted by Crippen LogP contribution is 2.10. The SMILES string of the molecule is O=C(CN1CCCCCC1=O)NCCCn1cccn1. The fourth-order valence-electron chi connectivity index (χ4n) is 2.34. The molecule has 6 nitrogen and oxygen atoms in total. The Kier molecular flexibility index (Phi) is 5.58. The number of hydrogen-bond donors (Lipinski definition) is 1. The molecule has 2 rings (SSSR count). The highest BCUT2D eigenvalue weighted by Gasteiger charge is 2.18. The van der Waals surface area contributed by atoms with Gasteiger partial charge in [0.25, 0.3) is 0 Å². The van der Waals surface area contributed by atoms with Gasteiger partial charge in [0, 0.05) is 38.4 Å². The lowest BCUT2D eigenvalue weighted by Gasteiger charge is -2.19. The smallest absolute Gasteiger partial charge is 0.239 e. The van der Waals surface area contributed by atoms with Gasteiger partial charge in [-0.3, -0.25) is 14.3 Å². The first kappa shape index (κ1) is 14.6. The second kappa shape index (κ2) is 7.67. The summed E-state index contributed by atoms with van der Waals surface area (Å²) < 4.78 is 1.84. The third kappa shape index (κ3) is 4.68. The van der Waals surface area contributed by atoms with Crippen molar-refractivity contribution in [3.63, 3.8) is 0 Å². The minimum Gasteiger partial charge on any atom is -0.354 e. The van der Waals surface area contributed by atoms with Crippen molar-refractivity contribution < 1.29 is 9.59 Å². The van der Waals surface area contributed by atoms with E-state index >= 15 is 0 Å². The summed E-state index contributed by atoms with van der Waals surface area (Å²) in [6.07, 6.45) is 8.07. The van der Waals surface area contributed by atoms with Crippen molar-refractivity contribution in [2.45, 2.75) is 38.6 Å². The Morgan fingerprint density at radius 3 is 3.05 bits per heavy atom. The Balaban J connectivity index is 1.63. The number of amides is 2. The van der Waals surface area contributed by atoms with Crippen molar-refractivity contribution in [3.8, 4) is 0 Å². The lowest BCUT2D eigenvalue weighted by molar-refractivity contribution is -0.135. The van der Waals surface area contributed by atoms with Crippen LogP contribution in [0.2, 0.25) is 0 Å². The molecular formula is C14H22N4O2. The number of likely N-dealkylation sites (tertiary alicyclic amines) is 1. The third-order valence-corrected chi connectivity index (χ3v) is 3.45. The fraction of sp³-hybridized carbons (Fsp3) is 0.643. The molecule has 1 aliphatic rings. The first-order valence-electron chi connectivity index (χ1n) is 7.27. The predicted octanol–water partition coefficient (Wildman–Crippen LogP) is 0.792. The van der Waals surface area contributed by atoms with Crippen LogP contribution in [0.4, 0.5) is 0 Å². The summed E-state index contributed by atoms with van der Waals surface area (Å²) in [5.41, 5.74) is 0. The Bertz CT molecular complexity index is 430. The van der Waals surface area contributed by atoms with Crippen molar-refractivity contribution in [3.05, 3.63) is 18.5 Å². The minimum absolute atomic E-state index is 0.0688. The fourth-order valence-corrected chi connectivity index (χ4v) is 2.34. The molecule has 1 saturated heterocycles. The zero-order valence-corrected chi connectivity index (χ0v) is 11.8. The van der Waals surface area contributed by atoms with Gasteiger partial charge in [-0.05, 0) is 25.3 Å². The van der Waals surface area contributed by atoms with Crippen molar-refractivity contribution >= 4 is 11.8 Å². The second-order valence-electron chi connectivity index (χ2n) is 5.10. The van der Waals surface area contributed by atoms with Crippen LogP contribution in [-0.2, 0) is 16.1 Å². The average molecular weight is 278 g/mol. The number of nitrogens with zero attached hydrogens (tertiary/aromatic N) is 3. The molecule has 0 spiro atoms. The molecule has 2 heterocycles. The molecule has 0 atom stereocenters. The van der Waals surface area contributed by atoms with Gasteiger partial charge in [-0.1, -0.05) is 6.42 Å². The van der Waals surface area contributed by atoms with Crippen molar-refractivity contribution in [1.82, 2.24) is 20.0 Å². The maximum absolute atomic E-state index is 11.8. The highest BCUT2D eigenvalue weighted by molar-refractivity contribution is 5.84. The molecule has 0 aliphatic carbocycles. The first-order valence-corrected chi connectivity index (χ1v) is 7.27. The molecule has 6 heteroatoms. The largest absolute Gasteiger partial charge is 0.354 e. The zero-order chi connectivity index (χ0) is 14.2. The number of aromatic nitrogens is 2. The van der Waals surface area contributed by atoms with Crippen molar-refractivity contribution in [1.29, 1.82) is 0 Å². The zero-order valence-electron chi connectivity index (χ0n) is 11.8. The van der Waals surface area contributed by atoms with Gasteiger partial charge in [0.2, 0.25) is 11.8 Å². The van der Waals surface area contributed by atoms with Gasteiger partial charge in [0.05, 0.1) is 6.54 Å². The summed E-state index contributed by atoms with van der Waals surface area (Å²) in [6, 6.07) is 1.88. The molecular weight excluding hydrogens is 256 g/mol. The van der Waals surface area contributed by atoms with Gasteiger partial charge >= 0.3 is 0 Å². The van der Waals surface area contributed by atoms with Crippen molar-refractivity contribution in [2.24, 2.45) is 0 Å². The number of carbonyl (C=O) groups is 2. The molecule has 2 amide bonds. The average Bonchev–Trinajstić information content (AvgIpc) is 2.87. The van der Waals surface area contributed by atoms with E-state index in [-0.39, 0.29) is 18.4 Å². The monoisotopic (exact) mass is 278 g/mol. The van der Waals surface area contributed by atoms with Crippen LogP contribution in [-0.4, -0.2) is 46.1 Å². The van der Waals surface area contributed by atoms with E-state index < -0.39 is 0 Å². The van der Waals surface area contributed by atoms with Crippen molar-refractivity contribution in [2.75, 3.05) is 19.6 Å². The molecule has 0 radical (unpaired) electrons. The van der Waals surface area contributed by atoms with E-state index in [0.29, 0.717) is 19.5 Å². The molecule has 1 aliphatic heterocycles. The van der Waals surface area contributed by atoms with Gasteiger partial charge in [-0.25, -0.2) is 0 Å². The number of hydrogen-bond acceptors (Lipinski definition) is 3. The van der Waals surface area contributed by atoms with Crippen LogP contribution in [0.5, 0.6) is 0 Å². The molecule has 0 saturated carbocycles. The van der Waals surface area contributed by atoms with E-state index in [4.69, 9.17) is 0 Å². The van der Waals surface area contributed by atoms with Gasteiger partial charge in [-0.2, -0.15) is 5.10 Å². The quantitative estimate of drug-likeness (QED) is 0.782. The lowest BCUT2D eigenvalue weighted by atomic mass is 10.2. The molecule has 1 aromatic rings. The Morgan fingerprint density at radius 2 is 2.25 bits per heavy atom. The summed E-state index contributed by atoms with van der Waals surface area (Å²) in [6.45, 7) is 2.30. The van der Waals surface area contributed by atoms with Crippen LogP contribution >= 0.6 is 0 Å². The maximum atomic E-state index is 11.8. The van der Waals surface area contributed by atoms with Gasteiger partial charge in [0.1, 0.15) is 0 Å². The highest BCUT2D eigenvalue weighted by atomic mass is 16.2. The van der Waals surface area contributed by atoms with E-state index in [1.54, 1.807) is 11.1 Å². The normalized spacial score (nSPS) is 16.0. The first-order chi connectivity index (χ1) is 9.75. The second-order valence-corrected chi connectivity index (χ2v) is 5.10. The summed E-state index contributed by atoms with van der Waals surface area (Å²) in [5, 5.41) is 6.96. The predicted molar refractivity (Wildman–Crippen MR) is 74.9 cm³/mol. The van der Waals surface area contributed by atoms with E-state index in [2.05, 4.69) is 10.4 Å². The topological polar surface area (TPSA) is 67.2 Å². The third-order valence-electron chi connectivity index (χ3n) is 3.45. The van der Waals surface area contributed by atoms with Crippen LogP contribution in [0.25, 0.3) is 0 Å². The number of aryl methyl sites for hydroxylation is 1. The Hall–Kier alpha value is -1.85. The lowest BCUT2D eigenvalue weighted by Crippen LogP contribution is -2.40. The van der Waals surface area contributed by atoms with Crippen LogP contribution in [0.1, 0.15) is 32.1 Å². The molecule has 0 bridgehead atoms. The minimum atomic E-state index is -0.0688. The number of nitrogens with one attached hydrogen (secondary N) is 1. The van der Waals surface area contributed by atoms with E-state index in [0.717, 1.165) is 32.2 Å². The summed E-state index contributed by atoms with van der Waals surface area (Å²) >= 11 is 0. The Labute approximate surface area is 119 Å². The van der Waals surface area contributed by atoms with Gasteiger partial charge < -0.3 is 10.2 Å². The summed E-state index contributed by atoms with van der Waals surface area (Å²) in [7, 11) is 0. The molecule has 1 N–H and O–H groups in total. The molecule has 1 aromatic heterocycles. The van der Waals surface area contributed by atoms with E-state index in [9.17, 15) is 9.59 Å². The molecule has 110 valence electrons. The van der Waals surface area contributed by atoms with Gasteiger partial charge in [0.15, 0.2) is 0 Å². The number of rotatable bonds is 6. The number of carbonyl (C=O) groups excluding carboxylic acids is 2. The van der Waals surface area contributed by atoms with Crippen LogP contribution in [0.15, 0.2) is 18.5 Å². The van der Waals surface area contributed by atoms with Crippen LogP contribution in [0.3, 0.4) is 0 Å². The molecule has 20 heavy (non-hydrogen) atoms. The molecule has 0 aromatic carbocycles.